The summed E-state index contributed by atoms with van der Waals surface area (Å²) in [6.07, 6.45) is 0.533. The molecule has 0 aliphatic heterocycles. The van der Waals surface area contributed by atoms with E-state index in [0.29, 0.717) is 5.56 Å². The quantitative estimate of drug-likeness (QED) is 0.764. The van der Waals surface area contributed by atoms with Crippen LogP contribution in [-0.4, -0.2) is 22.2 Å². The third-order valence-electron chi connectivity index (χ3n) is 1.81. The van der Waals surface area contributed by atoms with Crippen molar-refractivity contribution in [2.24, 2.45) is 0 Å². The van der Waals surface area contributed by atoms with Gasteiger partial charge in [-0.1, -0.05) is 12.1 Å². The summed E-state index contributed by atoms with van der Waals surface area (Å²) in [5.74, 6) is -3.08. The van der Waals surface area contributed by atoms with E-state index in [2.05, 4.69) is 0 Å². The highest BCUT2D eigenvalue weighted by atomic mass is 19.1. The molecule has 1 aromatic rings. The van der Waals surface area contributed by atoms with Crippen LogP contribution in [0.15, 0.2) is 29.8 Å². The van der Waals surface area contributed by atoms with Crippen molar-refractivity contribution in [3.05, 3.63) is 41.2 Å². The average Bonchev–Trinajstić information content (AvgIpc) is 2.15. The molecule has 0 radical (unpaired) electrons. The monoisotopic (exact) mass is 224 g/mol. The van der Waals surface area contributed by atoms with Crippen molar-refractivity contribution in [1.29, 1.82) is 0 Å². The molecular formula is C11H9FO4. The van der Waals surface area contributed by atoms with Crippen LogP contribution in [0.5, 0.6) is 0 Å². The van der Waals surface area contributed by atoms with E-state index in [9.17, 15) is 14.0 Å². The highest BCUT2D eigenvalue weighted by Gasteiger charge is 2.11. The lowest BCUT2D eigenvalue weighted by Crippen LogP contribution is -2.06. The van der Waals surface area contributed by atoms with Gasteiger partial charge < -0.3 is 10.2 Å². The Labute approximate surface area is 90.6 Å². The number of carboxylic acids is 2. The molecule has 0 heterocycles. The van der Waals surface area contributed by atoms with Crippen molar-refractivity contribution in [2.45, 2.75) is 6.42 Å². The molecule has 2 N–H and O–H groups in total. The van der Waals surface area contributed by atoms with Crippen molar-refractivity contribution < 1.29 is 24.2 Å². The second-order valence-electron chi connectivity index (χ2n) is 3.10. The Hall–Kier alpha value is -2.17. The van der Waals surface area contributed by atoms with Gasteiger partial charge in [-0.15, -0.1) is 0 Å². The van der Waals surface area contributed by atoms with Crippen LogP contribution in [0, 0.1) is 5.82 Å². The third kappa shape index (κ3) is 3.53. The van der Waals surface area contributed by atoms with Gasteiger partial charge in [-0.25, -0.2) is 9.18 Å². The van der Waals surface area contributed by atoms with Crippen LogP contribution in [0.1, 0.15) is 12.0 Å². The molecule has 4 nitrogen and oxygen atoms in total. The van der Waals surface area contributed by atoms with Crippen LogP contribution in [0.2, 0.25) is 0 Å². The highest BCUT2D eigenvalue weighted by molar-refractivity contribution is 5.96. The van der Waals surface area contributed by atoms with Crippen molar-refractivity contribution >= 4 is 18.0 Å². The molecular weight excluding hydrogens is 215 g/mol. The fraction of sp³-hybridized carbons (Fsp3) is 0.0909. The van der Waals surface area contributed by atoms with E-state index in [1.165, 1.54) is 18.2 Å². The first-order valence-corrected chi connectivity index (χ1v) is 4.40. The van der Waals surface area contributed by atoms with Gasteiger partial charge in [0, 0.05) is 5.57 Å². The molecule has 0 saturated carbocycles. The number of rotatable bonds is 4. The summed E-state index contributed by atoms with van der Waals surface area (Å²) in [6.45, 7) is 0. The number of carbonyl (C=O) groups is 2. The fourth-order valence-corrected chi connectivity index (χ4v) is 1.15. The summed E-state index contributed by atoms with van der Waals surface area (Å²) in [4.78, 5) is 21.1. The molecule has 0 amide bonds. The molecule has 16 heavy (non-hydrogen) atoms. The maximum atomic E-state index is 12.8. The van der Waals surface area contributed by atoms with Crippen molar-refractivity contribution in [1.82, 2.24) is 0 Å². The zero-order valence-corrected chi connectivity index (χ0v) is 8.18. The normalized spacial score (nSPS) is 11.2. The summed E-state index contributed by atoms with van der Waals surface area (Å²) >= 11 is 0. The molecule has 5 heteroatoms. The zero-order valence-electron chi connectivity index (χ0n) is 8.18. The molecule has 0 aliphatic rings. The minimum Gasteiger partial charge on any atom is -0.481 e. The second kappa shape index (κ2) is 5.06. The van der Waals surface area contributed by atoms with Gasteiger partial charge in [0.15, 0.2) is 0 Å². The lowest BCUT2D eigenvalue weighted by atomic mass is 10.1. The predicted octanol–water partition coefficient (Wildman–Crippen LogP) is 1.77. The van der Waals surface area contributed by atoms with Crippen molar-refractivity contribution in [3.63, 3.8) is 0 Å². The van der Waals surface area contributed by atoms with E-state index < -0.39 is 24.2 Å². The Morgan fingerprint density at radius 3 is 2.50 bits per heavy atom. The highest BCUT2D eigenvalue weighted by Crippen LogP contribution is 2.11. The van der Waals surface area contributed by atoms with Gasteiger partial charge >= 0.3 is 11.9 Å². The molecule has 0 aromatic heterocycles. The lowest BCUT2D eigenvalue weighted by Gasteiger charge is -1.99. The van der Waals surface area contributed by atoms with Crippen LogP contribution in [0.4, 0.5) is 4.39 Å². The minimum atomic E-state index is -1.33. The smallest absolute Gasteiger partial charge is 0.332 e. The van der Waals surface area contributed by atoms with Gasteiger partial charge in [0.1, 0.15) is 5.82 Å². The Balaban J connectivity index is 3.02. The molecule has 0 saturated heterocycles. The average molecular weight is 224 g/mol. The van der Waals surface area contributed by atoms with E-state index in [4.69, 9.17) is 10.2 Å². The SMILES string of the molecule is O=C(O)C/C(=C\c1cccc(F)c1)C(=O)O. The van der Waals surface area contributed by atoms with Crippen molar-refractivity contribution in [2.75, 3.05) is 0 Å². The number of carboxylic acid groups (broad SMARTS) is 2. The zero-order chi connectivity index (χ0) is 12.1. The van der Waals surface area contributed by atoms with E-state index in [0.717, 1.165) is 12.1 Å². The number of hydrogen-bond acceptors (Lipinski definition) is 2. The lowest BCUT2D eigenvalue weighted by molar-refractivity contribution is -0.139. The molecule has 1 rings (SSSR count). The Morgan fingerprint density at radius 1 is 1.31 bits per heavy atom. The van der Waals surface area contributed by atoms with Crippen LogP contribution in [-0.2, 0) is 9.59 Å². The number of hydrogen-bond donors (Lipinski definition) is 2. The van der Waals surface area contributed by atoms with Gasteiger partial charge in [0.2, 0.25) is 0 Å². The first kappa shape index (κ1) is 11.9. The molecule has 84 valence electrons. The summed E-state index contributed by atoms with van der Waals surface area (Å²) in [5, 5.41) is 17.2. The summed E-state index contributed by atoms with van der Waals surface area (Å²) in [6, 6.07) is 5.26. The molecule has 0 bridgehead atoms. The van der Waals surface area contributed by atoms with E-state index in [1.807, 2.05) is 0 Å². The molecule has 0 aliphatic carbocycles. The van der Waals surface area contributed by atoms with Gasteiger partial charge in [-0.3, -0.25) is 4.79 Å². The topological polar surface area (TPSA) is 74.6 Å². The predicted molar refractivity (Wildman–Crippen MR) is 54.3 cm³/mol. The summed E-state index contributed by atoms with van der Waals surface area (Å²) in [7, 11) is 0. The molecule has 0 unspecified atom stereocenters. The maximum Gasteiger partial charge on any atom is 0.332 e. The molecule has 0 spiro atoms. The van der Waals surface area contributed by atoms with Crippen molar-refractivity contribution in [3.8, 4) is 0 Å². The molecule has 0 fully saturated rings. The Bertz CT molecular complexity index is 451. The van der Waals surface area contributed by atoms with Crippen LogP contribution >= 0.6 is 0 Å². The minimum absolute atomic E-state index is 0.293. The number of halogens is 1. The largest absolute Gasteiger partial charge is 0.481 e. The van der Waals surface area contributed by atoms with E-state index >= 15 is 0 Å². The van der Waals surface area contributed by atoms with Crippen LogP contribution in [0.3, 0.4) is 0 Å². The first-order valence-electron chi connectivity index (χ1n) is 4.40. The standard InChI is InChI=1S/C11H9FO4/c12-9-3-1-2-7(5-9)4-8(11(15)16)6-10(13)14/h1-5H,6H2,(H,13,14)(H,15,16)/b8-4+. The summed E-state index contributed by atoms with van der Waals surface area (Å²) in [5.41, 5.74) is 0.0248. The number of benzene rings is 1. The third-order valence-corrected chi connectivity index (χ3v) is 1.81. The summed E-state index contributed by atoms with van der Waals surface area (Å²) < 4.78 is 12.8. The van der Waals surface area contributed by atoms with Crippen LogP contribution < -0.4 is 0 Å². The van der Waals surface area contributed by atoms with Gasteiger partial charge in [0.05, 0.1) is 6.42 Å². The van der Waals surface area contributed by atoms with E-state index in [-0.39, 0.29) is 5.57 Å². The maximum absolute atomic E-state index is 12.8. The molecule has 0 atom stereocenters. The van der Waals surface area contributed by atoms with Gasteiger partial charge in [-0.2, -0.15) is 0 Å². The van der Waals surface area contributed by atoms with Gasteiger partial charge in [0.25, 0.3) is 0 Å². The Morgan fingerprint density at radius 2 is 2.00 bits per heavy atom. The van der Waals surface area contributed by atoms with E-state index in [1.54, 1.807) is 0 Å². The van der Waals surface area contributed by atoms with Crippen LogP contribution in [0.25, 0.3) is 6.08 Å². The number of aliphatic carboxylic acids is 2. The second-order valence-corrected chi connectivity index (χ2v) is 3.10. The Kier molecular flexibility index (Phi) is 3.77. The van der Waals surface area contributed by atoms with Gasteiger partial charge in [-0.05, 0) is 23.8 Å². The first-order chi connectivity index (χ1) is 7.49. The fourth-order valence-electron chi connectivity index (χ4n) is 1.15. The molecule has 1 aromatic carbocycles.